The van der Waals surface area contributed by atoms with Gasteiger partial charge in [0.2, 0.25) is 5.91 Å². The van der Waals surface area contributed by atoms with E-state index in [1.54, 1.807) is 18.2 Å². The number of primary amides is 1. The quantitative estimate of drug-likeness (QED) is 0.878. The molecule has 0 aliphatic carbocycles. The number of hydrogen-bond donors (Lipinski definition) is 2. The molecule has 0 spiro atoms. The van der Waals surface area contributed by atoms with Gasteiger partial charge in [0.15, 0.2) is 0 Å². The van der Waals surface area contributed by atoms with Crippen LogP contribution in [0.3, 0.4) is 0 Å². The summed E-state index contributed by atoms with van der Waals surface area (Å²) in [6, 6.07) is 5.16. The van der Waals surface area contributed by atoms with Gasteiger partial charge in [-0.2, -0.15) is 5.10 Å². The largest absolute Gasteiger partial charge is 0.367 e. The van der Waals surface area contributed by atoms with Crippen LogP contribution >= 0.6 is 11.6 Å². The molecule has 1 saturated heterocycles. The van der Waals surface area contributed by atoms with E-state index in [4.69, 9.17) is 17.3 Å². The van der Waals surface area contributed by atoms with Gasteiger partial charge in [0.25, 0.3) is 0 Å². The van der Waals surface area contributed by atoms with Crippen molar-refractivity contribution < 1.29 is 4.79 Å². The summed E-state index contributed by atoms with van der Waals surface area (Å²) in [4.78, 5) is 15.9. The van der Waals surface area contributed by atoms with Gasteiger partial charge in [-0.05, 0) is 32.0 Å². The Bertz CT molecular complexity index is 716. The van der Waals surface area contributed by atoms with Crippen molar-refractivity contribution in [2.45, 2.75) is 27.7 Å². The minimum atomic E-state index is -0.439. The molecule has 0 unspecified atom stereocenters. The summed E-state index contributed by atoms with van der Waals surface area (Å²) >= 11 is 6.30. The lowest BCUT2D eigenvalue weighted by atomic mass is 10.1. The number of aromatic amines is 1. The number of benzene rings is 1. The van der Waals surface area contributed by atoms with Crippen LogP contribution in [0.2, 0.25) is 5.02 Å². The Hall–Kier alpha value is -2.21. The first-order valence-corrected chi connectivity index (χ1v) is 8.96. The average molecular weight is 364 g/mol. The standard InChI is InChI=1S/C16H20ClN5O.C2H6/c1-10-15(11(2)20-19-10)22-7-5-21(6-8-22)14-9-12(16(18)23)3-4-13(14)17;1-2/h3-4,9H,5-8H2,1-2H3,(H2,18,23)(H,19,20);1-2H3. The third-order valence-electron chi connectivity index (χ3n) is 4.26. The molecule has 1 aromatic carbocycles. The van der Waals surface area contributed by atoms with E-state index in [0.29, 0.717) is 10.6 Å². The molecule has 1 aliphatic heterocycles. The summed E-state index contributed by atoms with van der Waals surface area (Å²) in [5.41, 5.74) is 9.99. The molecule has 2 heterocycles. The first-order valence-electron chi connectivity index (χ1n) is 8.58. The number of aryl methyl sites for hydroxylation is 2. The zero-order valence-corrected chi connectivity index (χ0v) is 16.0. The number of anilines is 2. The number of piperazine rings is 1. The van der Waals surface area contributed by atoms with Crippen LogP contribution < -0.4 is 15.5 Å². The molecule has 1 fully saturated rings. The van der Waals surface area contributed by atoms with Crippen LogP contribution in [0.25, 0.3) is 0 Å². The Morgan fingerprint density at radius 2 is 1.76 bits per heavy atom. The van der Waals surface area contributed by atoms with Crippen molar-refractivity contribution in [3.05, 3.63) is 40.2 Å². The van der Waals surface area contributed by atoms with E-state index in [2.05, 4.69) is 20.0 Å². The lowest BCUT2D eigenvalue weighted by Crippen LogP contribution is -2.47. The van der Waals surface area contributed by atoms with Gasteiger partial charge in [-0.1, -0.05) is 25.4 Å². The van der Waals surface area contributed by atoms with Gasteiger partial charge in [-0.3, -0.25) is 9.89 Å². The van der Waals surface area contributed by atoms with Crippen LogP contribution in [0.5, 0.6) is 0 Å². The van der Waals surface area contributed by atoms with Gasteiger partial charge < -0.3 is 15.5 Å². The first kappa shape index (κ1) is 19.1. The van der Waals surface area contributed by atoms with Crippen LogP contribution in [0, 0.1) is 13.8 Å². The molecule has 3 N–H and O–H groups in total. The molecule has 0 radical (unpaired) electrons. The smallest absolute Gasteiger partial charge is 0.248 e. The summed E-state index contributed by atoms with van der Waals surface area (Å²) in [5, 5.41) is 7.93. The van der Waals surface area contributed by atoms with E-state index in [9.17, 15) is 4.79 Å². The zero-order valence-electron chi connectivity index (χ0n) is 15.3. The van der Waals surface area contributed by atoms with Gasteiger partial charge in [0.1, 0.15) is 0 Å². The highest BCUT2D eigenvalue weighted by Gasteiger charge is 2.23. The maximum Gasteiger partial charge on any atom is 0.248 e. The first-order chi connectivity index (χ1) is 12.0. The van der Waals surface area contributed by atoms with Crippen molar-refractivity contribution >= 4 is 28.9 Å². The average Bonchev–Trinajstić information content (AvgIpc) is 2.96. The fourth-order valence-corrected chi connectivity index (χ4v) is 3.33. The normalized spacial score (nSPS) is 14.1. The van der Waals surface area contributed by atoms with Crippen molar-refractivity contribution in [1.29, 1.82) is 0 Å². The summed E-state index contributed by atoms with van der Waals surface area (Å²) in [5.74, 6) is -0.439. The van der Waals surface area contributed by atoms with E-state index in [1.807, 2.05) is 27.7 Å². The monoisotopic (exact) mass is 363 g/mol. The van der Waals surface area contributed by atoms with Gasteiger partial charge in [-0.15, -0.1) is 0 Å². The molecule has 0 saturated carbocycles. The lowest BCUT2D eigenvalue weighted by molar-refractivity contribution is 0.100. The second-order valence-corrected chi connectivity index (χ2v) is 6.19. The number of aromatic nitrogens is 2. The molecular weight excluding hydrogens is 338 g/mol. The van der Waals surface area contributed by atoms with E-state index < -0.39 is 5.91 Å². The number of halogens is 1. The summed E-state index contributed by atoms with van der Waals surface area (Å²) in [6.07, 6.45) is 0. The number of carbonyl (C=O) groups is 1. The lowest BCUT2D eigenvalue weighted by Gasteiger charge is -2.37. The zero-order chi connectivity index (χ0) is 18.6. The van der Waals surface area contributed by atoms with Gasteiger partial charge in [-0.25, -0.2) is 0 Å². The van der Waals surface area contributed by atoms with Crippen molar-refractivity contribution in [3.63, 3.8) is 0 Å². The number of nitrogens with zero attached hydrogens (tertiary/aromatic N) is 3. The van der Waals surface area contributed by atoms with Crippen molar-refractivity contribution in [2.75, 3.05) is 36.0 Å². The second kappa shape index (κ2) is 8.25. The maximum atomic E-state index is 11.4. The number of H-pyrrole nitrogens is 1. The highest BCUT2D eigenvalue weighted by atomic mass is 35.5. The predicted octanol–water partition coefficient (Wildman–Crippen LogP) is 3.13. The van der Waals surface area contributed by atoms with E-state index >= 15 is 0 Å². The summed E-state index contributed by atoms with van der Waals surface area (Å²) < 4.78 is 0. The molecule has 0 atom stereocenters. The van der Waals surface area contributed by atoms with Crippen molar-refractivity contribution in [1.82, 2.24) is 10.2 Å². The highest BCUT2D eigenvalue weighted by molar-refractivity contribution is 6.33. The number of carbonyl (C=O) groups excluding carboxylic acids is 1. The third-order valence-corrected chi connectivity index (χ3v) is 4.58. The number of nitrogens with two attached hydrogens (primary N) is 1. The molecule has 25 heavy (non-hydrogen) atoms. The molecule has 1 aliphatic rings. The van der Waals surface area contributed by atoms with Gasteiger partial charge in [0, 0.05) is 31.7 Å². The van der Waals surface area contributed by atoms with E-state index in [-0.39, 0.29) is 0 Å². The summed E-state index contributed by atoms with van der Waals surface area (Å²) in [6.45, 7) is 11.4. The number of rotatable bonds is 3. The Balaban J connectivity index is 0.00000109. The number of nitrogens with one attached hydrogen (secondary N) is 1. The Morgan fingerprint density at radius 1 is 1.16 bits per heavy atom. The van der Waals surface area contributed by atoms with Crippen molar-refractivity contribution in [3.8, 4) is 0 Å². The molecule has 3 rings (SSSR count). The summed E-state index contributed by atoms with van der Waals surface area (Å²) in [7, 11) is 0. The minimum Gasteiger partial charge on any atom is -0.367 e. The molecule has 7 heteroatoms. The van der Waals surface area contributed by atoms with Crippen LogP contribution in [-0.2, 0) is 0 Å². The Kier molecular flexibility index (Phi) is 6.31. The van der Waals surface area contributed by atoms with E-state index in [1.165, 1.54) is 5.69 Å². The second-order valence-electron chi connectivity index (χ2n) is 5.79. The van der Waals surface area contributed by atoms with Crippen LogP contribution in [0.15, 0.2) is 18.2 Å². The predicted molar refractivity (Wildman–Crippen MR) is 104 cm³/mol. The van der Waals surface area contributed by atoms with E-state index in [0.717, 1.165) is 43.3 Å². The Morgan fingerprint density at radius 3 is 2.28 bits per heavy atom. The molecule has 0 bridgehead atoms. The minimum absolute atomic E-state index is 0.439. The molecule has 6 nitrogen and oxygen atoms in total. The fraction of sp³-hybridized carbons (Fsp3) is 0.444. The molecule has 1 aromatic heterocycles. The number of amides is 1. The van der Waals surface area contributed by atoms with Gasteiger partial charge in [0.05, 0.1) is 27.8 Å². The third kappa shape index (κ3) is 4.07. The van der Waals surface area contributed by atoms with Crippen LogP contribution in [0.4, 0.5) is 11.4 Å². The van der Waals surface area contributed by atoms with Gasteiger partial charge >= 0.3 is 0 Å². The van der Waals surface area contributed by atoms with Crippen LogP contribution in [-0.4, -0.2) is 42.3 Å². The molecule has 1 amide bonds. The molecule has 136 valence electrons. The van der Waals surface area contributed by atoms with Crippen molar-refractivity contribution in [2.24, 2.45) is 5.73 Å². The number of hydrogen-bond acceptors (Lipinski definition) is 4. The fourth-order valence-electron chi connectivity index (χ4n) is 3.09. The molecule has 2 aromatic rings. The SMILES string of the molecule is CC.Cc1n[nH]c(C)c1N1CCN(c2cc(C(N)=O)ccc2Cl)CC1. The highest BCUT2D eigenvalue weighted by Crippen LogP contribution is 2.30. The van der Waals surface area contributed by atoms with Crippen LogP contribution in [0.1, 0.15) is 35.6 Å². The Labute approximate surface area is 153 Å². The maximum absolute atomic E-state index is 11.4. The topological polar surface area (TPSA) is 78.2 Å². The molecular formula is C18H26ClN5O.